The monoisotopic (exact) mass is 416 g/mol. The molecule has 2 aromatic rings. The summed E-state index contributed by atoms with van der Waals surface area (Å²) in [5.74, 6) is -4.72. The van der Waals surface area contributed by atoms with Crippen molar-refractivity contribution in [2.75, 3.05) is 16.9 Å². The number of hydrogen-bond donors (Lipinski definition) is 2. The van der Waals surface area contributed by atoms with Crippen molar-refractivity contribution in [2.45, 2.75) is 19.4 Å². The smallest absolute Gasteiger partial charge is 0.354 e. The molecule has 30 heavy (non-hydrogen) atoms. The van der Waals surface area contributed by atoms with Gasteiger partial charge in [-0.1, -0.05) is 18.2 Å². The predicted molar refractivity (Wildman–Crippen MR) is 105 cm³/mol. The van der Waals surface area contributed by atoms with Crippen molar-refractivity contribution in [1.29, 1.82) is 0 Å². The Labute approximate surface area is 170 Å². The molecule has 0 saturated heterocycles. The number of primary amides is 1. The van der Waals surface area contributed by atoms with Crippen LogP contribution in [0.4, 0.5) is 20.2 Å². The Kier molecular flexibility index (Phi) is 6.05. The molecule has 0 saturated carbocycles. The number of carbonyl (C=O) groups is 3. The van der Waals surface area contributed by atoms with Crippen molar-refractivity contribution < 1.29 is 27.9 Å². The average molecular weight is 416 g/mol. The van der Waals surface area contributed by atoms with Gasteiger partial charge in [0.25, 0.3) is 5.91 Å². The first kappa shape index (κ1) is 20.9. The molecular weight excluding hydrogens is 398 g/mol. The summed E-state index contributed by atoms with van der Waals surface area (Å²) >= 11 is 0. The summed E-state index contributed by atoms with van der Waals surface area (Å²) in [6.07, 6.45) is -0.0922. The Bertz CT molecular complexity index is 1030. The molecule has 0 radical (unpaired) electrons. The highest BCUT2D eigenvalue weighted by atomic mass is 19.1. The summed E-state index contributed by atoms with van der Waals surface area (Å²) in [5.41, 5.74) is 4.63. The largest absolute Gasteiger partial charge is 0.461 e. The lowest BCUT2D eigenvalue weighted by molar-refractivity contribution is -0.135. The number of ether oxygens (including phenoxy) is 1. The van der Waals surface area contributed by atoms with E-state index in [0.29, 0.717) is 11.8 Å². The minimum atomic E-state index is -1.14. The molecule has 1 unspecified atom stereocenters. The van der Waals surface area contributed by atoms with Crippen molar-refractivity contribution in [3.63, 3.8) is 0 Å². The summed E-state index contributed by atoms with van der Waals surface area (Å²) in [4.78, 5) is 36.3. The number of nitrogens with one attached hydrogen (secondary N) is 1. The summed E-state index contributed by atoms with van der Waals surface area (Å²) in [6.45, 7) is 1.77. The van der Waals surface area contributed by atoms with Crippen LogP contribution in [0.1, 0.15) is 23.7 Å². The molecule has 0 bridgehead atoms. The van der Waals surface area contributed by atoms with Crippen LogP contribution in [0.3, 0.4) is 0 Å². The molecule has 8 nitrogen and oxygen atoms in total. The van der Waals surface area contributed by atoms with E-state index in [1.165, 1.54) is 5.01 Å². The van der Waals surface area contributed by atoms with Crippen LogP contribution in [0.25, 0.3) is 0 Å². The molecule has 1 aliphatic heterocycles. The Morgan fingerprint density at radius 3 is 2.53 bits per heavy atom. The molecule has 2 aromatic carbocycles. The quantitative estimate of drug-likeness (QED) is 0.701. The zero-order chi connectivity index (χ0) is 21.8. The van der Waals surface area contributed by atoms with Crippen molar-refractivity contribution >= 4 is 34.9 Å². The second-order valence-corrected chi connectivity index (χ2v) is 6.33. The molecule has 156 valence electrons. The highest BCUT2D eigenvalue weighted by Gasteiger charge is 2.37. The van der Waals surface area contributed by atoms with Crippen LogP contribution >= 0.6 is 0 Å². The van der Waals surface area contributed by atoms with Crippen LogP contribution in [0.2, 0.25) is 0 Å². The van der Waals surface area contributed by atoms with Gasteiger partial charge in [0.15, 0.2) is 0 Å². The molecule has 0 aromatic heterocycles. The Morgan fingerprint density at radius 1 is 1.20 bits per heavy atom. The molecule has 3 N–H and O–H groups in total. The third kappa shape index (κ3) is 4.27. The minimum absolute atomic E-state index is 0.0262. The number of anilines is 2. The number of carbonyl (C=O) groups excluding carboxylic acids is 3. The summed E-state index contributed by atoms with van der Waals surface area (Å²) in [6, 6.07) is 8.85. The lowest BCUT2D eigenvalue weighted by Gasteiger charge is -2.23. The summed E-state index contributed by atoms with van der Waals surface area (Å²) in [5, 5.41) is 7.82. The van der Waals surface area contributed by atoms with E-state index >= 15 is 0 Å². The van der Waals surface area contributed by atoms with Gasteiger partial charge in [0.1, 0.15) is 23.4 Å². The Balaban J connectivity index is 1.90. The second-order valence-electron chi connectivity index (χ2n) is 6.33. The molecular formula is C20H18F2N4O4. The Hall–Kier alpha value is -3.82. The number of amides is 2. The molecule has 1 atom stereocenters. The van der Waals surface area contributed by atoms with Gasteiger partial charge >= 0.3 is 5.97 Å². The van der Waals surface area contributed by atoms with Crippen molar-refractivity contribution in [1.82, 2.24) is 0 Å². The van der Waals surface area contributed by atoms with Crippen LogP contribution < -0.4 is 16.1 Å². The highest BCUT2D eigenvalue weighted by Crippen LogP contribution is 2.27. The highest BCUT2D eigenvalue weighted by molar-refractivity contribution is 6.38. The average Bonchev–Trinajstić information content (AvgIpc) is 3.16. The maximum absolute atomic E-state index is 14.1. The fraction of sp³-hybridized carbons (Fsp3) is 0.200. The topological polar surface area (TPSA) is 114 Å². The van der Waals surface area contributed by atoms with Gasteiger partial charge in [-0.15, -0.1) is 0 Å². The SMILES string of the molecule is CCOC(=O)C1=NN(c2ccccc2)C(C(=O)Nc2cc(C(N)=O)c(F)cc2F)C1. The summed E-state index contributed by atoms with van der Waals surface area (Å²) in [7, 11) is 0. The molecule has 0 aliphatic carbocycles. The first-order valence-corrected chi connectivity index (χ1v) is 9.00. The van der Waals surface area contributed by atoms with E-state index in [9.17, 15) is 23.2 Å². The predicted octanol–water partition coefficient (Wildman–Crippen LogP) is 2.20. The van der Waals surface area contributed by atoms with Crippen molar-refractivity contribution in [3.05, 3.63) is 59.7 Å². The molecule has 1 aliphatic rings. The molecule has 3 rings (SSSR count). The number of hydrogen-bond acceptors (Lipinski definition) is 6. The number of rotatable bonds is 6. The zero-order valence-electron chi connectivity index (χ0n) is 15.9. The van der Waals surface area contributed by atoms with E-state index in [1.54, 1.807) is 37.3 Å². The first-order valence-electron chi connectivity index (χ1n) is 9.00. The maximum atomic E-state index is 14.1. The summed E-state index contributed by atoms with van der Waals surface area (Å²) < 4.78 is 32.8. The van der Waals surface area contributed by atoms with Crippen LogP contribution in [0.15, 0.2) is 47.6 Å². The lowest BCUT2D eigenvalue weighted by Crippen LogP contribution is -2.39. The van der Waals surface area contributed by atoms with E-state index < -0.39 is 46.7 Å². The third-order valence-electron chi connectivity index (χ3n) is 4.32. The van der Waals surface area contributed by atoms with Crippen LogP contribution in [0.5, 0.6) is 0 Å². The molecule has 1 heterocycles. The van der Waals surface area contributed by atoms with Gasteiger partial charge in [-0.2, -0.15) is 5.10 Å². The number of halogens is 2. The van der Waals surface area contributed by atoms with Crippen LogP contribution in [-0.4, -0.2) is 36.1 Å². The minimum Gasteiger partial charge on any atom is -0.461 e. The first-order chi connectivity index (χ1) is 14.3. The van der Waals surface area contributed by atoms with Crippen molar-refractivity contribution in [2.24, 2.45) is 10.8 Å². The van der Waals surface area contributed by atoms with Crippen LogP contribution in [-0.2, 0) is 14.3 Å². The number of nitrogens with zero attached hydrogens (tertiary/aromatic N) is 2. The number of nitrogens with two attached hydrogens (primary N) is 1. The fourth-order valence-electron chi connectivity index (χ4n) is 2.92. The van der Waals surface area contributed by atoms with Gasteiger partial charge in [0.05, 0.1) is 23.5 Å². The second kappa shape index (κ2) is 8.68. The maximum Gasteiger partial charge on any atom is 0.354 e. The molecule has 10 heteroatoms. The zero-order valence-corrected chi connectivity index (χ0v) is 15.9. The van der Waals surface area contributed by atoms with Gasteiger partial charge in [-0.05, 0) is 25.1 Å². The van der Waals surface area contributed by atoms with Gasteiger partial charge in [0, 0.05) is 12.5 Å². The van der Waals surface area contributed by atoms with Gasteiger partial charge < -0.3 is 15.8 Å². The number of hydrazone groups is 1. The van der Waals surface area contributed by atoms with Crippen molar-refractivity contribution in [3.8, 4) is 0 Å². The number of para-hydroxylation sites is 1. The van der Waals surface area contributed by atoms with E-state index in [2.05, 4.69) is 10.4 Å². The molecule has 0 spiro atoms. The molecule has 0 fully saturated rings. The van der Waals surface area contributed by atoms with E-state index in [-0.39, 0.29) is 18.7 Å². The van der Waals surface area contributed by atoms with Gasteiger partial charge in [0.2, 0.25) is 5.91 Å². The van der Waals surface area contributed by atoms with Gasteiger partial charge in [-0.3, -0.25) is 14.6 Å². The van der Waals surface area contributed by atoms with E-state index in [4.69, 9.17) is 10.5 Å². The lowest BCUT2D eigenvalue weighted by atomic mass is 10.1. The van der Waals surface area contributed by atoms with E-state index in [0.717, 1.165) is 6.07 Å². The standard InChI is InChI=1S/C20H18F2N4O4/c1-2-30-20(29)16-10-17(26(25-16)11-6-4-3-5-7-11)19(28)24-15-8-12(18(23)27)13(21)9-14(15)22/h3-9,17H,2,10H2,1H3,(H2,23,27)(H,24,28). The van der Waals surface area contributed by atoms with Crippen LogP contribution in [0, 0.1) is 11.6 Å². The third-order valence-corrected chi connectivity index (χ3v) is 4.32. The number of benzene rings is 2. The number of esters is 1. The molecule has 2 amide bonds. The van der Waals surface area contributed by atoms with Gasteiger partial charge in [-0.25, -0.2) is 13.6 Å². The van der Waals surface area contributed by atoms with E-state index in [1.807, 2.05) is 0 Å². The fourth-order valence-corrected chi connectivity index (χ4v) is 2.92. The normalized spacial score (nSPS) is 15.5. The Morgan fingerprint density at radius 2 is 1.90 bits per heavy atom.